The van der Waals surface area contributed by atoms with E-state index in [1.165, 1.54) is 87.3 Å². The standard InChI is InChI=1S/C44H30N2/c1-2-12-31-26-34(23-20-29(31)10-1)45-41-17-7-5-15-36(41)38-27-32(21-24-43(38)45)33-22-25-44-39(28-33)37-16-6-8-18-42(37)46(44)40-19-9-13-30-11-3-4-14-35(30)40/h1-5,7,9-28H,6,8H2. The third kappa shape index (κ3) is 3.71. The Hall–Kier alpha value is -5.86. The van der Waals surface area contributed by atoms with Gasteiger partial charge >= 0.3 is 0 Å². The molecule has 10 rings (SSSR count). The van der Waals surface area contributed by atoms with E-state index in [0.717, 1.165) is 12.8 Å². The van der Waals surface area contributed by atoms with Crippen molar-refractivity contribution in [2.24, 2.45) is 0 Å². The number of hydrogen-bond donors (Lipinski definition) is 0. The van der Waals surface area contributed by atoms with Gasteiger partial charge in [0.2, 0.25) is 0 Å². The number of nitrogens with zero attached hydrogens (tertiary/aromatic N) is 2. The molecule has 0 unspecified atom stereocenters. The molecule has 0 saturated carbocycles. The summed E-state index contributed by atoms with van der Waals surface area (Å²) in [4.78, 5) is 0. The Morgan fingerprint density at radius 2 is 1.04 bits per heavy atom. The third-order valence-electron chi connectivity index (χ3n) is 9.90. The van der Waals surface area contributed by atoms with E-state index < -0.39 is 0 Å². The molecule has 9 aromatic rings. The molecule has 0 fully saturated rings. The van der Waals surface area contributed by atoms with Crippen molar-refractivity contribution >= 4 is 66.4 Å². The first-order valence-corrected chi connectivity index (χ1v) is 16.2. The maximum absolute atomic E-state index is 2.48. The van der Waals surface area contributed by atoms with E-state index in [1.807, 2.05) is 0 Å². The van der Waals surface area contributed by atoms with E-state index in [1.54, 1.807) is 0 Å². The highest BCUT2D eigenvalue weighted by molar-refractivity contribution is 6.11. The van der Waals surface area contributed by atoms with Crippen LogP contribution in [0.3, 0.4) is 0 Å². The minimum Gasteiger partial charge on any atom is -0.309 e. The van der Waals surface area contributed by atoms with Gasteiger partial charge in [0, 0.05) is 37.8 Å². The molecular weight excluding hydrogens is 556 g/mol. The monoisotopic (exact) mass is 586 g/mol. The summed E-state index contributed by atoms with van der Waals surface area (Å²) in [6, 6.07) is 53.6. The fraction of sp³-hybridized carbons (Fsp3) is 0.0455. The molecule has 0 amide bonds. The molecule has 0 atom stereocenters. The van der Waals surface area contributed by atoms with Crippen LogP contribution in [0.1, 0.15) is 12.8 Å². The molecular formula is C44H30N2. The second-order valence-electron chi connectivity index (χ2n) is 12.5. The molecule has 0 N–H and O–H groups in total. The summed E-state index contributed by atoms with van der Waals surface area (Å²) in [5.74, 6) is 0. The first kappa shape index (κ1) is 25.5. The van der Waals surface area contributed by atoms with E-state index in [4.69, 9.17) is 0 Å². The average molecular weight is 587 g/mol. The molecule has 0 spiro atoms. The van der Waals surface area contributed by atoms with Crippen LogP contribution >= 0.6 is 0 Å². The number of fused-ring (bicyclic) bond motifs is 8. The van der Waals surface area contributed by atoms with Gasteiger partial charge in [-0.15, -0.1) is 0 Å². The number of rotatable bonds is 3. The summed E-state index contributed by atoms with van der Waals surface area (Å²) in [7, 11) is 0. The second-order valence-corrected chi connectivity index (χ2v) is 12.5. The Balaban J connectivity index is 1.18. The molecule has 2 aromatic heterocycles. The first-order valence-electron chi connectivity index (χ1n) is 16.2. The lowest BCUT2D eigenvalue weighted by atomic mass is 10.0. The summed E-state index contributed by atoms with van der Waals surface area (Å²) < 4.78 is 4.89. The highest BCUT2D eigenvalue weighted by Gasteiger charge is 2.16. The summed E-state index contributed by atoms with van der Waals surface area (Å²) >= 11 is 0. The largest absolute Gasteiger partial charge is 0.309 e. The topological polar surface area (TPSA) is 9.86 Å². The summed E-state index contributed by atoms with van der Waals surface area (Å²) in [5, 5.41) is 11.6. The molecule has 2 heterocycles. The molecule has 1 aliphatic carbocycles. The Labute approximate surface area is 266 Å². The minimum absolute atomic E-state index is 1.07. The summed E-state index contributed by atoms with van der Waals surface area (Å²) in [6.07, 6.45) is 7.00. The zero-order valence-electron chi connectivity index (χ0n) is 25.3. The van der Waals surface area contributed by atoms with Gasteiger partial charge in [-0.05, 0) is 88.7 Å². The highest BCUT2D eigenvalue weighted by Crippen LogP contribution is 2.36. The van der Waals surface area contributed by atoms with Crippen LogP contribution < -0.4 is 10.6 Å². The molecule has 2 heteroatoms. The second kappa shape index (κ2) is 9.82. The number of benzene rings is 7. The van der Waals surface area contributed by atoms with Crippen LogP contribution in [-0.4, -0.2) is 9.13 Å². The van der Waals surface area contributed by atoms with Crippen LogP contribution in [0.5, 0.6) is 0 Å². The zero-order chi connectivity index (χ0) is 30.2. The molecule has 0 bridgehead atoms. The Morgan fingerprint density at radius 1 is 0.391 bits per heavy atom. The predicted molar refractivity (Wildman–Crippen MR) is 195 cm³/mol. The Kier molecular flexibility index (Phi) is 5.44. The fourth-order valence-electron chi connectivity index (χ4n) is 7.79. The van der Waals surface area contributed by atoms with Crippen LogP contribution in [0.15, 0.2) is 146 Å². The smallest absolute Gasteiger partial charge is 0.0541 e. The Bertz CT molecular complexity index is 2800. The van der Waals surface area contributed by atoms with Crippen molar-refractivity contribution in [3.8, 4) is 22.5 Å². The van der Waals surface area contributed by atoms with Crippen LogP contribution in [-0.2, 0) is 0 Å². The fourth-order valence-corrected chi connectivity index (χ4v) is 7.79. The number of aromatic nitrogens is 2. The zero-order valence-corrected chi connectivity index (χ0v) is 25.3. The third-order valence-corrected chi connectivity index (χ3v) is 9.90. The van der Waals surface area contributed by atoms with E-state index in [9.17, 15) is 0 Å². The van der Waals surface area contributed by atoms with Crippen molar-refractivity contribution in [2.45, 2.75) is 12.8 Å². The lowest BCUT2D eigenvalue weighted by Gasteiger charge is -2.12. The van der Waals surface area contributed by atoms with Gasteiger partial charge in [0.05, 0.1) is 22.2 Å². The van der Waals surface area contributed by atoms with Gasteiger partial charge in [0.15, 0.2) is 0 Å². The molecule has 0 radical (unpaired) electrons. The lowest BCUT2D eigenvalue weighted by molar-refractivity contribution is 1.03. The molecule has 46 heavy (non-hydrogen) atoms. The SMILES string of the molecule is C1=c2c(n(-c3cccc4ccccc34)c3ccc(-c4ccc5c(c4)c4ccccc4n5-c4ccc5ccccc5c4)cc23)=CCC1. The van der Waals surface area contributed by atoms with Gasteiger partial charge in [-0.3, -0.25) is 0 Å². The predicted octanol–water partition coefficient (Wildman–Crippen LogP) is 10.1. The van der Waals surface area contributed by atoms with E-state index in [-0.39, 0.29) is 0 Å². The van der Waals surface area contributed by atoms with Gasteiger partial charge in [-0.25, -0.2) is 0 Å². The number of para-hydroxylation sites is 1. The molecule has 0 aliphatic heterocycles. The van der Waals surface area contributed by atoms with Gasteiger partial charge in [-0.1, -0.05) is 109 Å². The maximum atomic E-state index is 2.48. The minimum atomic E-state index is 1.07. The van der Waals surface area contributed by atoms with Gasteiger partial charge in [0.25, 0.3) is 0 Å². The van der Waals surface area contributed by atoms with Crippen molar-refractivity contribution in [1.29, 1.82) is 0 Å². The van der Waals surface area contributed by atoms with E-state index in [2.05, 4.69) is 167 Å². The summed E-state index contributed by atoms with van der Waals surface area (Å²) in [5.41, 5.74) is 8.62. The van der Waals surface area contributed by atoms with Crippen LogP contribution in [0, 0.1) is 0 Å². The van der Waals surface area contributed by atoms with Crippen LogP contribution in [0.25, 0.3) is 88.9 Å². The molecule has 7 aromatic carbocycles. The highest BCUT2D eigenvalue weighted by atomic mass is 15.0. The van der Waals surface area contributed by atoms with Crippen LogP contribution in [0.4, 0.5) is 0 Å². The van der Waals surface area contributed by atoms with Gasteiger partial charge in [-0.2, -0.15) is 0 Å². The quantitative estimate of drug-likeness (QED) is 0.195. The summed E-state index contributed by atoms with van der Waals surface area (Å²) in [6.45, 7) is 0. The van der Waals surface area contributed by atoms with Crippen molar-refractivity contribution in [1.82, 2.24) is 9.13 Å². The van der Waals surface area contributed by atoms with Crippen molar-refractivity contribution in [3.63, 3.8) is 0 Å². The molecule has 2 nitrogen and oxygen atoms in total. The number of hydrogen-bond acceptors (Lipinski definition) is 0. The van der Waals surface area contributed by atoms with Crippen LogP contribution in [0.2, 0.25) is 0 Å². The molecule has 0 saturated heterocycles. The van der Waals surface area contributed by atoms with Crippen molar-refractivity contribution < 1.29 is 0 Å². The van der Waals surface area contributed by atoms with Gasteiger partial charge < -0.3 is 9.13 Å². The molecule has 216 valence electrons. The maximum Gasteiger partial charge on any atom is 0.0541 e. The van der Waals surface area contributed by atoms with E-state index >= 15 is 0 Å². The lowest BCUT2D eigenvalue weighted by Crippen LogP contribution is -2.30. The first-order chi connectivity index (χ1) is 22.8. The molecule has 1 aliphatic rings. The average Bonchev–Trinajstić information content (AvgIpc) is 3.63. The Morgan fingerprint density at radius 3 is 1.91 bits per heavy atom. The normalized spacial score (nSPS) is 13.0. The van der Waals surface area contributed by atoms with E-state index in [0.29, 0.717) is 0 Å². The van der Waals surface area contributed by atoms with Crippen molar-refractivity contribution in [2.75, 3.05) is 0 Å². The van der Waals surface area contributed by atoms with Crippen molar-refractivity contribution in [3.05, 3.63) is 156 Å². The van der Waals surface area contributed by atoms with Gasteiger partial charge in [0.1, 0.15) is 0 Å².